The Kier molecular flexibility index (Phi) is 3.71. The molecule has 100 valence electrons. The average Bonchev–Trinajstić information content (AvgIpc) is 2.67. The van der Waals surface area contributed by atoms with Crippen LogP contribution in [0.1, 0.15) is 5.82 Å². The molecule has 0 saturated heterocycles. The van der Waals surface area contributed by atoms with Crippen LogP contribution in [0.4, 0.5) is 13.2 Å². The van der Waals surface area contributed by atoms with Gasteiger partial charge >= 0.3 is 6.18 Å². The molecule has 0 amide bonds. The highest BCUT2D eigenvalue weighted by molar-refractivity contribution is 5.75. The molecule has 0 atom stereocenters. The van der Waals surface area contributed by atoms with Crippen LogP contribution in [0.3, 0.4) is 0 Å². The first-order valence-corrected chi connectivity index (χ1v) is 5.47. The Balaban J connectivity index is 2.24. The van der Waals surface area contributed by atoms with Crippen molar-refractivity contribution in [3.8, 4) is 6.07 Å². The van der Waals surface area contributed by atoms with Crippen molar-refractivity contribution >= 4 is 11.0 Å². The largest absolute Gasteiger partial charge is 0.411 e. The van der Waals surface area contributed by atoms with E-state index in [1.165, 1.54) is 4.57 Å². The summed E-state index contributed by atoms with van der Waals surface area (Å²) in [6.07, 6.45) is -4.35. The van der Waals surface area contributed by atoms with Gasteiger partial charge < -0.3 is 9.30 Å². The number of fused-ring (bicyclic) bond motifs is 1. The number of ether oxygens (including phenoxy) is 1. The van der Waals surface area contributed by atoms with Crippen molar-refractivity contribution in [2.45, 2.75) is 19.3 Å². The van der Waals surface area contributed by atoms with E-state index in [2.05, 4.69) is 9.72 Å². The van der Waals surface area contributed by atoms with Crippen LogP contribution in [0.5, 0.6) is 0 Å². The summed E-state index contributed by atoms with van der Waals surface area (Å²) >= 11 is 0. The monoisotopic (exact) mass is 269 g/mol. The highest BCUT2D eigenvalue weighted by Gasteiger charge is 2.27. The van der Waals surface area contributed by atoms with Gasteiger partial charge in [0.2, 0.25) is 0 Å². The molecule has 0 radical (unpaired) electrons. The highest BCUT2D eigenvalue weighted by atomic mass is 19.4. The fraction of sp³-hybridized carbons (Fsp3) is 0.333. The number of benzene rings is 1. The molecule has 0 spiro atoms. The molecule has 0 aliphatic heterocycles. The number of aromatic nitrogens is 2. The summed E-state index contributed by atoms with van der Waals surface area (Å²) in [6, 6.07) is 8.91. The topological polar surface area (TPSA) is 50.8 Å². The quantitative estimate of drug-likeness (QED) is 0.857. The molecule has 2 aromatic rings. The van der Waals surface area contributed by atoms with Gasteiger partial charge in [-0.3, -0.25) is 0 Å². The predicted octanol–water partition coefficient (Wildman–Crippen LogP) is 2.64. The SMILES string of the molecule is N#CCc1nc2ccccc2n1COCC(F)(F)F. The first-order chi connectivity index (χ1) is 9.01. The number of hydrogen-bond donors (Lipinski definition) is 0. The molecule has 0 bridgehead atoms. The van der Waals surface area contributed by atoms with E-state index in [0.29, 0.717) is 16.9 Å². The molecule has 0 fully saturated rings. The number of nitriles is 1. The van der Waals surface area contributed by atoms with Gasteiger partial charge in [0.15, 0.2) is 0 Å². The maximum absolute atomic E-state index is 12.0. The summed E-state index contributed by atoms with van der Waals surface area (Å²) < 4.78 is 42.2. The summed E-state index contributed by atoms with van der Waals surface area (Å²) in [6.45, 7) is -1.61. The minimum atomic E-state index is -4.37. The summed E-state index contributed by atoms with van der Waals surface area (Å²) in [5.41, 5.74) is 1.28. The fourth-order valence-corrected chi connectivity index (χ4v) is 1.73. The number of halogens is 3. The van der Waals surface area contributed by atoms with Gasteiger partial charge in [-0.2, -0.15) is 18.4 Å². The van der Waals surface area contributed by atoms with Crippen molar-refractivity contribution in [2.24, 2.45) is 0 Å². The zero-order valence-corrected chi connectivity index (χ0v) is 9.81. The molecule has 0 saturated carbocycles. The van der Waals surface area contributed by atoms with Crippen LogP contribution >= 0.6 is 0 Å². The third kappa shape index (κ3) is 3.23. The van der Waals surface area contributed by atoms with Crippen LogP contribution in [0.2, 0.25) is 0 Å². The van der Waals surface area contributed by atoms with Crippen molar-refractivity contribution in [3.05, 3.63) is 30.1 Å². The molecule has 0 unspecified atom stereocenters. The van der Waals surface area contributed by atoms with Gasteiger partial charge in [0.1, 0.15) is 19.2 Å². The molecule has 4 nitrogen and oxygen atoms in total. The second-order valence-corrected chi connectivity index (χ2v) is 3.87. The van der Waals surface area contributed by atoms with Crippen molar-refractivity contribution in [2.75, 3.05) is 6.61 Å². The minimum absolute atomic E-state index is 0.0179. The molecule has 19 heavy (non-hydrogen) atoms. The minimum Gasteiger partial charge on any atom is -0.351 e. The number of imidazole rings is 1. The van der Waals surface area contributed by atoms with Gasteiger partial charge in [-0.1, -0.05) is 12.1 Å². The van der Waals surface area contributed by atoms with Crippen LogP contribution in [-0.4, -0.2) is 22.3 Å². The molecular formula is C12H10F3N3O. The van der Waals surface area contributed by atoms with Crippen LogP contribution in [0.25, 0.3) is 11.0 Å². The van der Waals surface area contributed by atoms with Crippen LogP contribution in [-0.2, 0) is 17.9 Å². The van der Waals surface area contributed by atoms with E-state index < -0.39 is 12.8 Å². The predicted molar refractivity (Wildman–Crippen MR) is 61.1 cm³/mol. The van der Waals surface area contributed by atoms with Crippen LogP contribution in [0, 0.1) is 11.3 Å². The Morgan fingerprint density at radius 3 is 2.74 bits per heavy atom. The summed E-state index contributed by atoms with van der Waals surface area (Å²) in [5.74, 6) is 0.394. The summed E-state index contributed by atoms with van der Waals surface area (Å²) in [5, 5.41) is 8.70. The highest BCUT2D eigenvalue weighted by Crippen LogP contribution is 2.18. The Hall–Kier alpha value is -2.07. The first kappa shape index (κ1) is 13.4. The molecule has 1 aromatic carbocycles. The normalized spacial score (nSPS) is 11.7. The van der Waals surface area contributed by atoms with E-state index in [9.17, 15) is 13.2 Å². The number of hydrogen-bond acceptors (Lipinski definition) is 3. The van der Waals surface area contributed by atoms with E-state index >= 15 is 0 Å². The van der Waals surface area contributed by atoms with Gasteiger partial charge in [-0.15, -0.1) is 0 Å². The molecule has 0 aliphatic rings. The first-order valence-electron chi connectivity index (χ1n) is 5.47. The Morgan fingerprint density at radius 2 is 2.05 bits per heavy atom. The molecule has 2 rings (SSSR count). The molecule has 1 aromatic heterocycles. The van der Waals surface area contributed by atoms with Gasteiger partial charge in [0, 0.05) is 0 Å². The zero-order valence-electron chi connectivity index (χ0n) is 9.81. The van der Waals surface area contributed by atoms with E-state index in [4.69, 9.17) is 5.26 Å². The number of rotatable bonds is 4. The summed E-state index contributed by atoms with van der Waals surface area (Å²) in [4.78, 5) is 4.20. The standard InChI is InChI=1S/C12H10F3N3O/c13-12(14,15)7-19-8-18-10-4-2-1-3-9(10)17-11(18)5-6-16/h1-4H,5,7-8H2. The number of nitrogens with zero attached hydrogens (tertiary/aromatic N) is 3. The third-order valence-electron chi connectivity index (χ3n) is 2.46. The van der Waals surface area contributed by atoms with Gasteiger partial charge in [0.25, 0.3) is 0 Å². The maximum atomic E-state index is 12.0. The lowest BCUT2D eigenvalue weighted by molar-refractivity contribution is -0.181. The Labute approximate surface area is 107 Å². The molecule has 7 heteroatoms. The number of alkyl halides is 3. The lowest BCUT2D eigenvalue weighted by Gasteiger charge is -2.10. The van der Waals surface area contributed by atoms with E-state index in [-0.39, 0.29) is 13.2 Å². The Morgan fingerprint density at radius 1 is 1.32 bits per heavy atom. The third-order valence-corrected chi connectivity index (χ3v) is 2.46. The molecular weight excluding hydrogens is 259 g/mol. The van der Waals surface area contributed by atoms with Crippen LogP contribution in [0.15, 0.2) is 24.3 Å². The van der Waals surface area contributed by atoms with Crippen molar-refractivity contribution in [3.63, 3.8) is 0 Å². The van der Waals surface area contributed by atoms with E-state index in [1.807, 2.05) is 6.07 Å². The average molecular weight is 269 g/mol. The molecule has 0 aliphatic carbocycles. The fourth-order valence-electron chi connectivity index (χ4n) is 1.73. The zero-order chi connectivity index (χ0) is 13.9. The maximum Gasteiger partial charge on any atom is 0.411 e. The second-order valence-electron chi connectivity index (χ2n) is 3.87. The van der Waals surface area contributed by atoms with Gasteiger partial charge in [-0.05, 0) is 12.1 Å². The molecule has 1 heterocycles. The van der Waals surface area contributed by atoms with Gasteiger partial charge in [0.05, 0.1) is 23.5 Å². The van der Waals surface area contributed by atoms with Crippen LogP contribution < -0.4 is 0 Å². The second kappa shape index (κ2) is 5.28. The lowest BCUT2D eigenvalue weighted by atomic mass is 10.3. The van der Waals surface area contributed by atoms with Crippen molar-refractivity contribution in [1.29, 1.82) is 5.26 Å². The van der Waals surface area contributed by atoms with E-state index in [1.54, 1.807) is 24.3 Å². The smallest absolute Gasteiger partial charge is 0.351 e. The van der Waals surface area contributed by atoms with Gasteiger partial charge in [-0.25, -0.2) is 4.98 Å². The molecule has 0 N–H and O–H groups in total. The van der Waals surface area contributed by atoms with E-state index in [0.717, 1.165) is 0 Å². The summed E-state index contributed by atoms with van der Waals surface area (Å²) in [7, 11) is 0. The van der Waals surface area contributed by atoms with Crippen molar-refractivity contribution in [1.82, 2.24) is 9.55 Å². The lowest BCUT2D eigenvalue weighted by Crippen LogP contribution is -2.19. The Bertz CT molecular complexity index is 613. The number of para-hydroxylation sites is 2. The van der Waals surface area contributed by atoms with Crippen molar-refractivity contribution < 1.29 is 17.9 Å².